The predicted molar refractivity (Wildman–Crippen MR) is 146 cm³/mol. The third-order valence-electron chi connectivity index (χ3n) is 4.82. The number of nitrogens with one attached hydrogen (secondary N) is 2. The number of benzene rings is 3. The Hall–Kier alpha value is -2.21. The summed E-state index contributed by atoms with van der Waals surface area (Å²) < 4.78 is 53.3. The van der Waals surface area contributed by atoms with Crippen LogP contribution in [0.4, 0.5) is 17.1 Å². The van der Waals surface area contributed by atoms with Crippen molar-refractivity contribution in [3.8, 4) is 0 Å². The molecule has 0 aliphatic carbocycles. The molecule has 0 aliphatic heterocycles. The first kappa shape index (κ1) is 28.4. The molecule has 3 aromatic rings. The number of aryl methyl sites for hydroxylation is 1. The highest BCUT2D eigenvalue weighted by atomic mass is 35.5. The maximum absolute atomic E-state index is 12.7. The van der Waals surface area contributed by atoms with Gasteiger partial charge in [-0.3, -0.25) is 13.8 Å². The smallest absolute Gasteiger partial charge is 0.261 e. The molecule has 0 radical (unpaired) electrons. The summed E-state index contributed by atoms with van der Waals surface area (Å²) in [4.78, 5) is 12.6. The highest BCUT2D eigenvalue weighted by Gasteiger charge is 2.24. The second-order valence-electron chi connectivity index (χ2n) is 7.63. The van der Waals surface area contributed by atoms with E-state index in [2.05, 4.69) is 10.0 Å². The molecular formula is C22H19Cl4N3O5S2. The molecule has 3 rings (SSSR count). The van der Waals surface area contributed by atoms with Gasteiger partial charge in [-0.1, -0.05) is 52.5 Å². The first-order valence-corrected chi connectivity index (χ1v) is 14.8. The Morgan fingerprint density at radius 3 is 1.97 bits per heavy atom. The third-order valence-corrected chi connectivity index (χ3v) is 8.77. The Balaban J connectivity index is 1.75. The van der Waals surface area contributed by atoms with E-state index in [1.807, 2.05) is 0 Å². The molecule has 2 N–H and O–H groups in total. The molecule has 0 aromatic heterocycles. The van der Waals surface area contributed by atoms with Crippen molar-refractivity contribution in [2.75, 3.05) is 27.1 Å². The van der Waals surface area contributed by atoms with Crippen LogP contribution in [0.2, 0.25) is 20.1 Å². The summed E-state index contributed by atoms with van der Waals surface area (Å²) in [6.07, 6.45) is 0.910. The van der Waals surface area contributed by atoms with E-state index in [0.29, 0.717) is 10.7 Å². The number of anilines is 3. The molecular weight excluding hydrogens is 592 g/mol. The third kappa shape index (κ3) is 6.96. The first-order valence-electron chi connectivity index (χ1n) is 9.98. The van der Waals surface area contributed by atoms with E-state index in [0.717, 1.165) is 16.1 Å². The van der Waals surface area contributed by atoms with Gasteiger partial charge >= 0.3 is 0 Å². The quantitative estimate of drug-likeness (QED) is 0.312. The summed E-state index contributed by atoms with van der Waals surface area (Å²) in [5.41, 5.74) is 1.32. The highest BCUT2D eigenvalue weighted by molar-refractivity contribution is 7.92. The molecule has 0 saturated heterocycles. The second-order valence-corrected chi connectivity index (χ2v) is 12.8. The Bertz CT molecular complexity index is 1530. The topological polar surface area (TPSA) is 113 Å². The fourth-order valence-corrected chi connectivity index (χ4v) is 5.79. The van der Waals surface area contributed by atoms with Crippen LogP contribution < -0.4 is 14.3 Å². The minimum atomic E-state index is -3.93. The summed E-state index contributed by atoms with van der Waals surface area (Å²) in [6, 6.07) is 12.6. The zero-order valence-electron chi connectivity index (χ0n) is 18.7. The predicted octanol–water partition coefficient (Wildman–Crippen LogP) is 5.81. The van der Waals surface area contributed by atoms with Gasteiger partial charge < -0.3 is 5.32 Å². The molecule has 0 saturated carbocycles. The van der Waals surface area contributed by atoms with Crippen LogP contribution in [0, 0.1) is 6.92 Å². The van der Waals surface area contributed by atoms with Crippen molar-refractivity contribution in [2.24, 2.45) is 0 Å². The van der Waals surface area contributed by atoms with Gasteiger partial charge in [-0.25, -0.2) is 16.8 Å². The van der Waals surface area contributed by atoms with Gasteiger partial charge in [0.15, 0.2) is 0 Å². The van der Waals surface area contributed by atoms with Crippen molar-refractivity contribution in [3.05, 3.63) is 80.3 Å². The summed E-state index contributed by atoms with van der Waals surface area (Å²) in [5, 5.41) is 3.11. The van der Waals surface area contributed by atoms with Crippen molar-refractivity contribution in [2.45, 2.75) is 11.8 Å². The van der Waals surface area contributed by atoms with Gasteiger partial charge in [0.05, 0.1) is 37.6 Å². The van der Waals surface area contributed by atoms with Crippen LogP contribution in [0.3, 0.4) is 0 Å². The molecule has 0 heterocycles. The van der Waals surface area contributed by atoms with Crippen molar-refractivity contribution < 1.29 is 21.6 Å². The molecule has 192 valence electrons. The van der Waals surface area contributed by atoms with Crippen LogP contribution in [0.5, 0.6) is 0 Å². The summed E-state index contributed by atoms with van der Waals surface area (Å²) >= 11 is 24.1. The van der Waals surface area contributed by atoms with Crippen LogP contribution in [0.15, 0.2) is 59.5 Å². The number of nitrogens with zero attached hydrogens (tertiary/aromatic N) is 1. The largest absolute Gasteiger partial charge is 0.325 e. The molecule has 0 unspecified atom stereocenters. The first-order chi connectivity index (χ1) is 16.7. The summed E-state index contributed by atoms with van der Waals surface area (Å²) in [6.45, 7) is 1.17. The molecule has 3 aromatic carbocycles. The van der Waals surface area contributed by atoms with E-state index in [1.165, 1.54) is 42.5 Å². The van der Waals surface area contributed by atoms with Gasteiger partial charge in [0, 0.05) is 10.7 Å². The van der Waals surface area contributed by atoms with Crippen LogP contribution in [0.1, 0.15) is 5.56 Å². The van der Waals surface area contributed by atoms with Crippen molar-refractivity contribution in [1.29, 1.82) is 0 Å². The molecule has 0 bridgehead atoms. The molecule has 14 heteroatoms. The standard InChI is InChI=1S/C22H19Cl4N3O5S2/c1-13-3-4-15(9-17(13)23)28-36(33,34)16-7-5-14(6-8-16)27-22(30)12-29(35(2,31)32)21-11-19(25)18(24)10-20(21)26/h3-11,28H,12H2,1-2H3,(H,27,30). The maximum Gasteiger partial charge on any atom is 0.261 e. The monoisotopic (exact) mass is 609 g/mol. The number of carbonyl (C=O) groups is 1. The fourth-order valence-electron chi connectivity index (χ4n) is 3.00. The average molecular weight is 611 g/mol. The lowest BCUT2D eigenvalue weighted by Crippen LogP contribution is -2.37. The fraction of sp³-hybridized carbons (Fsp3) is 0.136. The summed E-state index contributed by atoms with van der Waals surface area (Å²) in [7, 11) is -7.85. The zero-order valence-corrected chi connectivity index (χ0v) is 23.4. The Morgan fingerprint density at radius 1 is 0.806 bits per heavy atom. The van der Waals surface area contributed by atoms with Gasteiger partial charge in [0.25, 0.3) is 10.0 Å². The number of sulfonamides is 2. The molecule has 0 atom stereocenters. The van der Waals surface area contributed by atoms with Gasteiger partial charge in [-0.15, -0.1) is 0 Å². The van der Waals surface area contributed by atoms with Gasteiger partial charge in [-0.2, -0.15) is 0 Å². The number of hydrogen-bond acceptors (Lipinski definition) is 5. The molecule has 0 spiro atoms. The molecule has 1 amide bonds. The van der Waals surface area contributed by atoms with Crippen LogP contribution >= 0.6 is 46.4 Å². The van der Waals surface area contributed by atoms with Crippen molar-refractivity contribution >= 4 is 89.4 Å². The Morgan fingerprint density at radius 2 is 1.39 bits per heavy atom. The zero-order chi connectivity index (χ0) is 26.8. The van der Waals surface area contributed by atoms with Gasteiger partial charge in [0.2, 0.25) is 15.9 Å². The normalized spacial score (nSPS) is 11.7. The number of carbonyl (C=O) groups excluding carboxylic acids is 1. The van der Waals surface area contributed by atoms with E-state index in [-0.39, 0.29) is 31.3 Å². The van der Waals surface area contributed by atoms with E-state index < -0.39 is 32.5 Å². The van der Waals surface area contributed by atoms with E-state index in [4.69, 9.17) is 46.4 Å². The van der Waals surface area contributed by atoms with Crippen molar-refractivity contribution in [3.63, 3.8) is 0 Å². The lowest BCUT2D eigenvalue weighted by molar-refractivity contribution is -0.114. The van der Waals surface area contributed by atoms with Crippen LogP contribution in [-0.2, 0) is 24.8 Å². The molecule has 0 aliphatic rings. The van der Waals surface area contributed by atoms with E-state index in [1.54, 1.807) is 19.1 Å². The van der Waals surface area contributed by atoms with Crippen molar-refractivity contribution in [1.82, 2.24) is 0 Å². The molecule has 8 nitrogen and oxygen atoms in total. The van der Waals surface area contributed by atoms with Gasteiger partial charge in [-0.05, 0) is 61.0 Å². The second kappa shape index (κ2) is 11.0. The lowest BCUT2D eigenvalue weighted by atomic mass is 10.2. The van der Waals surface area contributed by atoms with Crippen LogP contribution in [-0.4, -0.2) is 35.5 Å². The SMILES string of the molecule is Cc1ccc(NS(=O)(=O)c2ccc(NC(=O)CN(c3cc(Cl)c(Cl)cc3Cl)S(C)(=O)=O)cc2)cc1Cl. The lowest BCUT2D eigenvalue weighted by Gasteiger charge is -2.23. The van der Waals surface area contributed by atoms with E-state index in [9.17, 15) is 21.6 Å². The number of halogens is 4. The highest BCUT2D eigenvalue weighted by Crippen LogP contribution is 2.35. The van der Waals surface area contributed by atoms with Crippen LogP contribution in [0.25, 0.3) is 0 Å². The number of hydrogen-bond donors (Lipinski definition) is 2. The maximum atomic E-state index is 12.7. The number of rotatable bonds is 8. The number of amides is 1. The Kier molecular flexibility index (Phi) is 8.70. The average Bonchev–Trinajstić information content (AvgIpc) is 2.77. The summed E-state index contributed by atoms with van der Waals surface area (Å²) in [5.74, 6) is -0.703. The van der Waals surface area contributed by atoms with E-state index >= 15 is 0 Å². The van der Waals surface area contributed by atoms with Gasteiger partial charge in [0.1, 0.15) is 6.54 Å². The molecule has 36 heavy (non-hydrogen) atoms. The molecule has 0 fully saturated rings. The minimum Gasteiger partial charge on any atom is -0.325 e. The minimum absolute atomic E-state index is 0.0143. The Labute approximate surface area is 229 Å².